The van der Waals surface area contributed by atoms with E-state index < -0.39 is 18.0 Å². The fourth-order valence-electron chi connectivity index (χ4n) is 3.56. The molecule has 1 unspecified atom stereocenters. The van der Waals surface area contributed by atoms with Gasteiger partial charge in [0.1, 0.15) is 18.6 Å². The Morgan fingerprint density at radius 3 is 2.61 bits per heavy atom. The number of rotatable bonds is 4. The molecular formula is C21H17F3N4O3+2. The normalized spacial score (nSPS) is 16.3. The van der Waals surface area contributed by atoms with Crippen molar-refractivity contribution >= 4 is 23.2 Å². The van der Waals surface area contributed by atoms with Gasteiger partial charge in [-0.05, 0) is 25.1 Å². The Hall–Kier alpha value is -3.79. The van der Waals surface area contributed by atoms with Crippen molar-refractivity contribution in [2.45, 2.75) is 19.8 Å². The summed E-state index contributed by atoms with van der Waals surface area (Å²) in [5, 5.41) is 10.9. The van der Waals surface area contributed by atoms with Gasteiger partial charge in [0, 0.05) is 29.6 Å². The maximum Gasteiger partial charge on any atom is 0.573 e. The maximum atomic E-state index is 13.5. The van der Waals surface area contributed by atoms with Crippen molar-refractivity contribution in [3.8, 4) is 5.75 Å². The number of carbonyl (C=O) groups excluding carboxylic acids is 1. The standard InChI is InChI=1S/C21H15F3N4O3/c1-13-4-3-7-27-18(13)28(11-14-9-25-12-26-10-14)20(30)17(19(27)29)15-5-2-6-16(8-15)31-21(22,23)24/h2-10,12H,11H2,1H3/p+2. The summed E-state index contributed by atoms with van der Waals surface area (Å²) in [6.45, 7) is 1.98. The highest BCUT2D eigenvalue weighted by Gasteiger charge is 2.46. The molecule has 158 valence electrons. The fourth-order valence-corrected chi connectivity index (χ4v) is 3.56. The smallest absolute Gasteiger partial charge is 0.459 e. The SMILES string of the molecule is Cc1ccc[n+]2c1[NH+](Cc1cncnc1)C(=O)C(c1cccc(OC(F)(F)F)c1)=C2O. The minimum Gasteiger partial charge on any atom is -0.459 e. The van der Waals surface area contributed by atoms with Crippen molar-refractivity contribution in [1.29, 1.82) is 0 Å². The number of aliphatic hydroxyl groups is 1. The Labute approximate surface area is 174 Å². The number of carbonyl (C=O) groups is 1. The number of aromatic nitrogens is 3. The zero-order valence-electron chi connectivity index (χ0n) is 16.2. The van der Waals surface area contributed by atoms with Gasteiger partial charge >= 0.3 is 24.0 Å². The van der Waals surface area contributed by atoms with Crippen molar-refractivity contribution in [2.24, 2.45) is 0 Å². The van der Waals surface area contributed by atoms with Crippen molar-refractivity contribution < 1.29 is 37.3 Å². The fraction of sp³-hybridized carbons (Fsp3) is 0.143. The van der Waals surface area contributed by atoms with E-state index in [1.165, 1.54) is 23.0 Å². The van der Waals surface area contributed by atoms with Crippen molar-refractivity contribution in [2.75, 3.05) is 0 Å². The number of nitrogens with one attached hydrogen (secondary N) is 1. The van der Waals surface area contributed by atoms with Crippen molar-refractivity contribution in [1.82, 2.24) is 9.97 Å². The second-order valence-electron chi connectivity index (χ2n) is 6.92. The summed E-state index contributed by atoms with van der Waals surface area (Å²) in [4.78, 5) is 21.8. The minimum absolute atomic E-state index is 0.103. The average Bonchev–Trinajstić information content (AvgIpc) is 2.71. The summed E-state index contributed by atoms with van der Waals surface area (Å²) < 4.78 is 43.3. The average molecular weight is 430 g/mol. The zero-order chi connectivity index (χ0) is 22.2. The summed E-state index contributed by atoms with van der Waals surface area (Å²) in [7, 11) is 0. The van der Waals surface area contributed by atoms with Gasteiger partial charge in [0.15, 0.2) is 11.8 Å². The highest BCUT2D eigenvalue weighted by molar-refractivity contribution is 6.20. The van der Waals surface area contributed by atoms with Crippen LogP contribution in [-0.2, 0) is 11.3 Å². The second-order valence-corrected chi connectivity index (χ2v) is 6.92. The molecule has 2 N–H and O–H groups in total. The number of amides is 1. The molecule has 31 heavy (non-hydrogen) atoms. The lowest BCUT2D eigenvalue weighted by Gasteiger charge is -2.21. The van der Waals surface area contributed by atoms with Crippen LogP contribution in [0.4, 0.5) is 19.0 Å². The molecule has 0 bridgehead atoms. The van der Waals surface area contributed by atoms with Gasteiger partial charge in [-0.15, -0.1) is 13.2 Å². The van der Waals surface area contributed by atoms with E-state index in [1.807, 2.05) is 0 Å². The molecule has 3 aromatic rings. The van der Waals surface area contributed by atoms with Crippen LogP contribution in [0.3, 0.4) is 0 Å². The van der Waals surface area contributed by atoms with Gasteiger partial charge in [-0.3, -0.25) is 0 Å². The molecule has 3 heterocycles. The van der Waals surface area contributed by atoms with Gasteiger partial charge in [0.2, 0.25) is 0 Å². The van der Waals surface area contributed by atoms with Crippen LogP contribution >= 0.6 is 0 Å². The number of nitrogens with zero attached hydrogens (tertiary/aromatic N) is 3. The first-order chi connectivity index (χ1) is 14.7. The Bertz CT molecular complexity index is 1180. The number of hydrogen-bond acceptors (Lipinski definition) is 5. The van der Waals surface area contributed by atoms with Gasteiger partial charge in [0.05, 0.1) is 5.56 Å². The Kier molecular flexibility index (Phi) is 5.15. The van der Waals surface area contributed by atoms with Crippen LogP contribution in [0.25, 0.3) is 11.5 Å². The number of halogens is 3. The monoisotopic (exact) mass is 430 g/mol. The predicted octanol–water partition coefficient (Wildman–Crippen LogP) is 2.11. The van der Waals surface area contributed by atoms with Crippen LogP contribution < -0.4 is 14.2 Å². The van der Waals surface area contributed by atoms with Gasteiger partial charge in [-0.25, -0.2) is 14.8 Å². The van der Waals surface area contributed by atoms with Crippen LogP contribution in [0.2, 0.25) is 0 Å². The second kappa shape index (κ2) is 7.80. The number of fused-ring (bicyclic) bond motifs is 1. The van der Waals surface area contributed by atoms with E-state index in [2.05, 4.69) is 14.7 Å². The summed E-state index contributed by atoms with van der Waals surface area (Å²) in [6, 6.07) is 8.47. The number of ether oxygens (including phenoxy) is 1. The Morgan fingerprint density at radius 2 is 1.90 bits per heavy atom. The molecule has 0 saturated carbocycles. The molecule has 0 saturated heterocycles. The van der Waals surface area contributed by atoms with Crippen molar-refractivity contribution in [3.05, 3.63) is 78.0 Å². The van der Waals surface area contributed by atoms with Gasteiger partial charge in [0.25, 0.3) is 0 Å². The van der Waals surface area contributed by atoms with E-state index in [9.17, 15) is 23.1 Å². The molecule has 1 amide bonds. The number of benzene rings is 1. The largest absolute Gasteiger partial charge is 0.573 e. The molecule has 4 rings (SSSR count). The lowest BCUT2D eigenvalue weighted by molar-refractivity contribution is -0.838. The van der Waals surface area contributed by atoms with Crippen LogP contribution in [0.15, 0.2) is 61.3 Å². The maximum absolute atomic E-state index is 13.5. The van der Waals surface area contributed by atoms with Crippen LogP contribution in [-0.4, -0.2) is 27.3 Å². The number of alkyl halides is 3. The third kappa shape index (κ3) is 4.10. The third-order valence-electron chi connectivity index (χ3n) is 4.79. The van der Waals surface area contributed by atoms with Crippen LogP contribution in [0.1, 0.15) is 16.7 Å². The van der Waals surface area contributed by atoms with Gasteiger partial charge in [-0.1, -0.05) is 16.7 Å². The molecule has 1 aliphatic rings. The molecule has 1 aromatic carbocycles. The molecule has 0 spiro atoms. The van der Waals surface area contributed by atoms with E-state index in [4.69, 9.17) is 0 Å². The first kappa shape index (κ1) is 20.5. The molecule has 2 aromatic heterocycles. The summed E-state index contributed by atoms with van der Waals surface area (Å²) in [5.41, 5.74) is 1.41. The van der Waals surface area contributed by atoms with Gasteiger partial charge < -0.3 is 9.84 Å². The first-order valence-corrected chi connectivity index (χ1v) is 9.20. The van der Waals surface area contributed by atoms with E-state index in [0.717, 1.165) is 17.7 Å². The highest BCUT2D eigenvalue weighted by atomic mass is 19.4. The Morgan fingerprint density at radius 1 is 1.16 bits per heavy atom. The highest BCUT2D eigenvalue weighted by Crippen LogP contribution is 2.28. The summed E-state index contributed by atoms with van der Waals surface area (Å²) >= 11 is 0. The van der Waals surface area contributed by atoms with E-state index in [1.54, 1.807) is 37.6 Å². The predicted molar refractivity (Wildman–Crippen MR) is 102 cm³/mol. The van der Waals surface area contributed by atoms with Gasteiger partial charge in [-0.2, -0.15) is 4.90 Å². The summed E-state index contributed by atoms with van der Waals surface area (Å²) in [5.74, 6) is -0.850. The first-order valence-electron chi connectivity index (χ1n) is 9.20. The minimum atomic E-state index is -4.88. The van der Waals surface area contributed by atoms with E-state index >= 15 is 0 Å². The van der Waals surface area contributed by atoms with Crippen LogP contribution in [0, 0.1) is 6.92 Å². The van der Waals surface area contributed by atoms with E-state index in [0.29, 0.717) is 16.3 Å². The third-order valence-corrected chi connectivity index (χ3v) is 4.79. The summed E-state index contributed by atoms with van der Waals surface area (Å²) in [6.07, 6.45) is 1.22. The number of quaternary nitrogens is 1. The Balaban J connectivity index is 1.84. The molecule has 10 heteroatoms. The molecule has 1 atom stereocenters. The molecule has 7 nitrogen and oxygen atoms in total. The van der Waals surface area contributed by atoms with E-state index in [-0.39, 0.29) is 23.6 Å². The molecule has 1 aliphatic heterocycles. The van der Waals surface area contributed by atoms with Crippen LogP contribution in [0.5, 0.6) is 5.75 Å². The number of pyridine rings is 1. The molecule has 0 aliphatic carbocycles. The number of aryl methyl sites for hydroxylation is 1. The molecule has 0 radical (unpaired) electrons. The molecular weight excluding hydrogens is 413 g/mol. The zero-order valence-corrected chi connectivity index (χ0v) is 16.2. The quantitative estimate of drug-likeness (QED) is 0.620. The lowest BCUT2D eigenvalue weighted by Crippen LogP contribution is -3.11. The lowest BCUT2D eigenvalue weighted by atomic mass is 10.0. The topological polar surface area (TPSA) is 80.6 Å². The number of hydrogen-bond donors (Lipinski definition) is 2. The van der Waals surface area contributed by atoms with Crippen molar-refractivity contribution in [3.63, 3.8) is 0 Å². The number of aliphatic hydroxyl groups excluding tert-OH is 1. The molecule has 0 fully saturated rings.